The number of aromatic nitrogens is 1. The molecule has 0 unspecified atom stereocenters. The van der Waals surface area contributed by atoms with Gasteiger partial charge in [0.2, 0.25) is 9.84 Å². The van der Waals surface area contributed by atoms with Gasteiger partial charge in [-0.15, -0.1) is 0 Å². The molecule has 120 valence electrons. The van der Waals surface area contributed by atoms with Crippen LogP contribution in [0, 0.1) is 13.8 Å². The fourth-order valence-electron chi connectivity index (χ4n) is 2.61. The Bertz CT molecular complexity index is 1040. The lowest BCUT2D eigenvalue weighted by molar-refractivity contribution is 0.596. The van der Waals surface area contributed by atoms with Crippen molar-refractivity contribution >= 4 is 49.6 Å². The van der Waals surface area contributed by atoms with Crippen LogP contribution in [0.25, 0.3) is 10.9 Å². The number of nitrogens with two attached hydrogens (primary N) is 1. The summed E-state index contributed by atoms with van der Waals surface area (Å²) in [6.07, 6.45) is 0. The van der Waals surface area contributed by atoms with E-state index in [1.165, 1.54) is 6.07 Å². The molecule has 0 aliphatic rings. The highest BCUT2D eigenvalue weighted by Crippen LogP contribution is 2.36. The van der Waals surface area contributed by atoms with Gasteiger partial charge >= 0.3 is 0 Å². The van der Waals surface area contributed by atoms with E-state index < -0.39 is 9.84 Å². The van der Waals surface area contributed by atoms with Crippen molar-refractivity contribution < 1.29 is 8.42 Å². The van der Waals surface area contributed by atoms with Gasteiger partial charge < -0.3 is 10.7 Å². The fraction of sp³-hybridized carbons (Fsp3) is 0.125. The minimum atomic E-state index is -3.73. The van der Waals surface area contributed by atoms with Crippen LogP contribution in [-0.4, -0.2) is 13.4 Å². The molecule has 0 amide bonds. The molecule has 0 saturated carbocycles. The SMILES string of the molecule is Cc1cc(S(=O)(=O)c2c(C)[nH]c3c(Cl)cc(Cl)cc23)ccc1N. The fourth-order valence-corrected chi connectivity index (χ4v) is 4.87. The van der Waals surface area contributed by atoms with Gasteiger partial charge in [-0.3, -0.25) is 0 Å². The second-order valence-corrected chi connectivity index (χ2v) is 8.14. The number of aromatic amines is 1. The maximum absolute atomic E-state index is 13.1. The molecule has 23 heavy (non-hydrogen) atoms. The van der Waals surface area contributed by atoms with Crippen LogP contribution >= 0.6 is 23.2 Å². The summed E-state index contributed by atoms with van der Waals surface area (Å²) in [4.78, 5) is 3.40. The third-order valence-electron chi connectivity index (χ3n) is 3.77. The molecule has 3 N–H and O–H groups in total. The Hall–Kier alpha value is -1.69. The quantitative estimate of drug-likeness (QED) is 0.653. The molecule has 3 rings (SSSR count). The monoisotopic (exact) mass is 368 g/mol. The number of anilines is 1. The van der Waals surface area contributed by atoms with E-state index in [0.717, 1.165) is 0 Å². The maximum Gasteiger partial charge on any atom is 0.208 e. The number of nitrogens with one attached hydrogen (secondary N) is 1. The van der Waals surface area contributed by atoms with Crippen LogP contribution in [0.3, 0.4) is 0 Å². The summed E-state index contributed by atoms with van der Waals surface area (Å²) in [6.45, 7) is 3.46. The summed E-state index contributed by atoms with van der Waals surface area (Å²) < 4.78 is 26.1. The zero-order valence-electron chi connectivity index (χ0n) is 12.4. The summed E-state index contributed by atoms with van der Waals surface area (Å²) in [5, 5.41) is 1.24. The minimum absolute atomic E-state index is 0.182. The number of benzene rings is 2. The van der Waals surface area contributed by atoms with Crippen molar-refractivity contribution in [2.75, 3.05) is 5.73 Å². The summed E-state index contributed by atoms with van der Waals surface area (Å²) >= 11 is 12.2. The molecule has 4 nitrogen and oxygen atoms in total. The Morgan fingerprint density at radius 2 is 1.78 bits per heavy atom. The third-order valence-corrected chi connectivity index (χ3v) is 6.23. The van der Waals surface area contributed by atoms with Crippen molar-refractivity contribution in [1.29, 1.82) is 0 Å². The first-order valence-electron chi connectivity index (χ1n) is 6.80. The van der Waals surface area contributed by atoms with Crippen LogP contribution in [0.15, 0.2) is 40.1 Å². The third kappa shape index (κ3) is 2.59. The van der Waals surface area contributed by atoms with E-state index in [0.29, 0.717) is 37.9 Å². The Kier molecular flexibility index (Phi) is 3.83. The topological polar surface area (TPSA) is 76.0 Å². The predicted molar refractivity (Wildman–Crippen MR) is 94.1 cm³/mol. The van der Waals surface area contributed by atoms with Crippen LogP contribution in [0.2, 0.25) is 10.0 Å². The van der Waals surface area contributed by atoms with Gasteiger partial charge in [-0.1, -0.05) is 23.2 Å². The molecule has 1 heterocycles. The molecular weight excluding hydrogens is 355 g/mol. The predicted octanol–water partition coefficient (Wildman–Crippen LogP) is 4.51. The van der Waals surface area contributed by atoms with Crippen molar-refractivity contribution in [3.63, 3.8) is 0 Å². The van der Waals surface area contributed by atoms with Crippen LogP contribution in [-0.2, 0) is 9.84 Å². The molecule has 0 bridgehead atoms. The van der Waals surface area contributed by atoms with Gasteiger partial charge in [0.25, 0.3) is 0 Å². The average Bonchev–Trinajstić information content (AvgIpc) is 2.78. The normalized spacial score (nSPS) is 12.0. The molecule has 0 saturated heterocycles. The maximum atomic E-state index is 13.1. The van der Waals surface area contributed by atoms with Gasteiger partial charge in [0.05, 0.1) is 15.4 Å². The second-order valence-electron chi connectivity index (χ2n) is 5.41. The van der Waals surface area contributed by atoms with Gasteiger partial charge in [0.1, 0.15) is 4.90 Å². The van der Waals surface area contributed by atoms with E-state index in [-0.39, 0.29) is 9.79 Å². The number of rotatable bonds is 2. The Morgan fingerprint density at radius 1 is 1.09 bits per heavy atom. The molecular formula is C16H14Cl2N2O2S. The van der Waals surface area contributed by atoms with E-state index in [2.05, 4.69) is 4.98 Å². The largest absolute Gasteiger partial charge is 0.399 e. The molecule has 3 aromatic rings. The van der Waals surface area contributed by atoms with Gasteiger partial charge in [-0.2, -0.15) is 0 Å². The summed E-state index contributed by atoms with van der Waals surface area (Å²) in [6, 6.07) is 7.83. The molecule has 1 aromatic heterocycles. The molecule has 2 aromatic carbocycles. The standard InChI is InChI=1S/C16H14Cl2N2O2S/c1-8-5-11(3-4-14(8)19)23(21,22)16-9(2)20-15-12(16)6-10(17)7-13(15)18/h3-7,20H,19H2,1-2H3. The van der Waals surface area contributed by atoms with Gasteiger partial charge in [-0.25, -0.2) is 8.42 Å². The Morgan fingerprint density at radius 3 is 2.43 bits per heavy atom. The van der Waals surface area contributed by atoms with E-state index in [9.17, 15) is 8.42 Å². The van der Waals surface area contributed by atoms with Crippen LogP contribution in [0.4, 0.5) is 5.69 Å². The molecule has 0 radical (unpaired) electrons. The lowest BCUT2D eigenvalue weighted by Crippen LogP contribution is -2.04. The summed E-state index contributed by atoms with van der Waals surface area (Å²) in [7, 11) is -3.73. The van der Waals surface area contributed by atoms with Gasteiger partial charge in [0.15, 0.2) is 0 Å². The second kappa shape index (κ2) is 5.44. The first-order valence-corrected chi connectivity index (χ1v) is 9.04. The minimum Gasteiger partial charge on any atom is -0.399 e. The number of nitrogen functional groups attached to an aromatic ring is 1. The Labute approximate surface area is 144 Å². The van der Waals surface area contributed by atoms with Crippen LogP contribution < -0.4 is 5.73 Å². The van der Waals surface area contributed by atoms with E-state index in [4.69, 9.17) is 28.9 Å². The smallest absolute Gasteiger partial charge is 0.208 e. The zero-order valence-corrected chi connectivity index (χ0v) is 14.8. The summed E-state index contributed by atoms with van der Waals surface area (Å²) in [5.74, 6) is 0. The highest BCUT2D eigenvalue weighted by molar-refractivity contribution is 7.91. The number of hydrogen-bond acceptors (Lipinski definition) is 3. The van der Waals surface area contributed by atoms with Gasteiger partial charge in [0, 0.05) is 21.8 Å². The number of hydrogen-bond donors (Lipinski definition) is 2. The Balaban J connectivity index is 2.34. The zero-order chi connectivity index (χ0) is 16.9. The van der Waals surface area contributed by atoms with Crippen molar-refractivity contribution in [2.24, 2.45) is 0 Å². The number of H-pyrrole nitrogens is 1. The van der Waals surface area contributed by atoms with Crippen LogP contribution in [0.5, 0.6) is 0 Å². The highest BCUT2D eigenvalue weighted by atomic mass is 35.5. The number of sulfone groups is 1. The van der Waals surface area contributed by atoms with E-state index >= 15 is 0 Å². The number of aryl methyl sites for hydroxylation is 2. The van der Waals surface area contributed by atoms with Crippen molar-refractivity contribution in [3.05, 3.63) is 51.6 Å². The molecule has 7 heteroatoms. The average molecular weight is 369 g/mol. The van der Waals surface area contributed by atoms with E-state index in [1.807, 2.05) is 0 Å². The first kappa shape index (κ1) is 16.2. The lowest BCUT2D eigenvalue weighted by atomic mass is 10.2. The van der Waals surface area contributed by atoms with E-state index in [1.54, 1.807) is 38.1 Å². The number of fused-ring (bicyclic) bond motifs is 1. The molecule has 0 spiro atoms. The highest BCUT2D eigenvalue weighted by Gasteiger charge is 2.26. The molecule has 0 fully saturated rings. The van der Waals surface area contributed by atoms with Crippen LogP contribution in [0.1, 0.15) is 11.3 Å². The molecule has 0 aliphatic heterocycles. The lowest BCUT2D eigenvalue weighted by Gasteiger charge is -2.08. The first-order chi connectivity index (χ1) is 10.7. The van der Waals surface area contributed by atoms with Crippen molar-refractivity contribution in [2.45, 2.75) is 23.6 Å². The van der Waals surface area contributed by atoms with Gasteiger partial charge in [-0.05, 0) is 49.7 Å². The summed E-state index contributed by atoms with van der Waals surface area (Å²) in [5.41, 5.74) is 8.10. The van der Waals surface area contributed by atoms with Crippen molar-refractivity contribution in [1.82, 2.24) is 4.98 Å². The van der Waals surface area contributed by atoms with Crippen molar-refractivity contribution in [3.8, 4) is 0 Å². The number of halogens is 2. The molecule has 0 atom stereocenters. The molecule has 0 aliphatic carbocycles.